The normalized spacial score (nSPS) is 10.7. The van der Waals surface area contributed by atoms with Gasteiger partial charge in [-0.3, -0.25) is 0 Å². The molecule has 1 unspecified atom stereocenters. The van der Waals surface area contributed by atoms with Crippen LogP contribution >= 0.6 is 31.8 Å². The van der Waals surface area contributed by atoms with E-state index in [-0.39, 0.29) is 0 Å². The monoisotopic (exact) mass is 555 g/mol. The molecule has 160 valence electrons. The van der Waals surface area contributed by atoms with Crippen molar-refractivity contribution in [1.29, 1.82) is 0 Å². The summed E-state index contributed by atoms with van der Waals surface area (Å²) < 4.78 is 1.24. The second-order valence-electron chi connectivity index (χ2n) is 7.90. The molecule has 0 bridgehead atoms. The van der Waals surface area contributed by atoms with Crippen molar-refractivity contribution in [2.24, 2.45) is 0 Å². The number of benzene rings is 5. The first kappa shape index (κ1) is 21.9. The fourth-order valence-electron chi connectivity index (χ4n) is 4.02. The number of nitrogens with zero attached hydrogens (tertiary/aromatic N) is 1. The molecule has 1 atom stereocenters. The average molecular weight is 555 g/mol. The predicted molar refractivity (Wildman–Crippen MR) is 154 cm³/mol. The second-order valence-corrected chi connectivity index (χ2v) is 9.81. The third-order valence-electron chi connectivity index (χ3n) is 5.64. The molecule has 0 saturated heterocycles. The molecular formula is C30H23INP. The van der Waals surface area contributed by atoms with E-state index in [1.165, 1.54) is 25.8 Å². The Kier molecular flexibility index (Phi) is 6.57. The highest BCUT2D eigenvalue weighted by Crippen LogP contribution is 2.36. The summed E-state index contributed by atoms with van der Waals surface area (Å²) >= 11 is 2.36. The summed E-state index contributed by atoms with van der Waals surface area (Å²) in [5.41, 5.74) is 8.30. The van der Waals surface area contributed by atoms with Crippen LogP contribution in [0.25, 0.3) is 22.3 Å². The Hall–Kier alpha value is -2.94. The Morgan fingerprint density at radius 2 is 1.00 bits per heavy atom. The lowest BCUT2D eigenvalue weighted by molar-refractivity contribution is 1.29. The molecule has 0 aliphatic heterocycles. The van der Waals surface area contributed by atoms with E-state index in [1.807, 2.05) is 0 Å². The van der Waals surface area contributed by atoms with Crippen LogP contribution in [-0.4, -0.2) is 0 Å². The molecule has 0 aromatic heterocycles. The molecule has 3 heteroatoms. The van der Waals surface area contributed by atoms with Gasteiger partial charge in [0, 0.05) is 20.6 Å². The van der Waals surface area contributed by atoms with Crippen molar-refractivity contribution in [1.82, 2.24) is 0 Å². The summed E-state index contributed by atoms with van der Waals surface area (Å²) in [7, 11) is 2.81. The van der Waals surface area contributed by atoms with Gasteiger partial charge in [-0.1, -0.05) is 78.9 Å². The van der Waals surface area contributed by atoms with E-state index in [4.69, 9.17) is 0 Å². The molecule has 0 N–H and O–H groups in total. The van der Waals surface area contributed by atoms with Gasteiger partial charge < -0.3 is 4.90 Å². The zero-order chi connectivity index (χ0) is 22.6. The van der Waals surface area contributed by atoms with E-state index >= 15 is 0 Å². The van der Waals surface area contributed by atoms with E-state index < -0.39 is 0 Å². The highest BCUT2D eigenvalue weighted by Gasteiger charge is 2.13. The molecule has 0 aliphatic rings. The van der Waals surface area contributed by atoms with Crippen molar-refractivity contribution in [3.05, 3.63) is 131 Å². The number of rotatable bonds is 5. The molecule has 5 aromatic carbocycles. The highest BCUT2D eigenvalue weighted by atomic mass is 127. The van der Waals surface area contributed by atoms with E-state index in [2.05, 4.69) is 164 Å². The van der Waals surface area contributed by atoms with Crippen molar-refractivity contribution in [3.8, 4) is 22.3 Å². The van der Waals surface area contributed by atoms with Gasteiger partial charge in [-0.05, 0) is 98.7 Å². The minimum atomic E-state index is 1.13. The van der Waals surface area contributed by atoms with Gasteiger partial charge in [-0.25, -0.2) is 0 Å². The topological polar surface area (TPSA) is 3.24 Å². The molecule has 0 fully saturated rings. The molecule has 1 nitrogen and oxygen atoms in total. The van der Waals surface area contributed by atoms with Crippen LogP contribution in [0, 0.1) is 3.57 Å². The van der Waals surface area contributed by atoms with Gasteiger partial charge in [0.05, 0.1) is 0 Å². The number of hydrogen-bond donors (Lipinski definition) is 0. The van der Waals surface area contributed by atoms with Gasteiger partial charge >= 0.3 is 0 Å². The van der Waals surface area contributed by atoms with Crippen molar-refractivity contribution in [2.75, 3.05) is 4.90 Å². The number of anilines is 3. The Bertz CT molecular complexity index is 1360. The van der Waals surface area contributed by atoms with Crippen LogP contribution in [-0.2, 0) is 0 Å². The maximum Gasteiger partial charge on any atom is 0.0467 e. The summed E-state index contributed by atoms with van der Waals surface area (Å²) in [5.74, 6) is 0. The van der Waals surface area contributed by atoms with Crippen LogP contribution in [0.4, 0.5) is 17.1 Å². The lowest BCUT2D eigenvalue weighted by Crippen LogP contribution is -2.11. The second kappa shape index (κ2) is 9.91. The quantitative estimate of drug-likeness (QED) is 0.155. The largest absolute Gasteiger partial charge is 0.310 e. The van der Waals surface area contributed by atoms with Crippen LogP contribution in [0.2, 0.25) is 0 Å². The van der Waals surface area contributed by atoms with E-state index in [9.17, 15) is 0 Å². The fourth-order valence-corrected chi connectivity index (χ4v) is 4.84. The van der Waals surface area contributed by atoms with Crippen molar-refractivity contribution in [2.45, 2.75) is 0 Å². The summed E-state index contributed by atoms with van der Waals surface area (Å²) in [4.78, 5) is 2.31. The zero-order valence-corrected chi connectivity index (χ0v) is 21.3. The Balaban J connectivity index is 1.54. The standard InChI is InChI=1S/C30H23INP/c31-26-9-4-8-25(20-26)24-14-18-28(19-15-24)32(29-10-5-11-30(33)21-29)27-16-12-23(13-17-27)22-6-2-1-3-7-22/h1-21H,33H2. The summed E-state index contributed by atoms with van der Waals surface area (Å²) in [6.07, 6.45) is 0. The smallest absolute Gasteiger partial charge is 0.0467 e. The lowest BCUT2D eigenvalue weighted by Gasteiger charge is -2.26. The minimum absolute atomic E-state index is 1.13. The van der Waals surface area contributed by atoms with Crippen molar-refractivity contribution < 1.29 is 0 Å². The van der Waals surface area contributed by atoms with E-state index in [0.717, 1.165) is 22.4 Å². The average Bonchev–Trinajstić information content (AvgIpc) is 2.86. The Labute approximate surface area is 211 Å². The SMILES string of the molecule is Pc1cccc(N(c2ccc(-c3ccccc3)cc2)c2ccc(-c3cccc(I)c3)cc2)c1. The number of halogens is 1. The van der Waals surface area contributed by atoms with Gasteiger partial charge in [0.2, 0.25) is 0 Å². The first-order valence-corrected chi connectivity index (χ1v) is 12.5. The van der Waals surface area contributed by atoms with Crippen LogP contribution in [0.3, 0.4) is 0 Å². The van der Waals surface area contributed by atoms with Gasteiger partial charge in [0.25, 0.3) is 0 Å². The first-order valence-electron chi connectivity index (χ1n) is 10.8. The Morgan fingerprint density at radius 1 is 0.455 bits per heavy atom. The summed E-state index contributed by atoms with van der Waals surface area (Å²) in [6.45, 7) is 0. The first-order chi connectivity index (χ1) is 16.2. The molecule has 5 rings (SSSR count). The third kappa shape index (κ3) is 5.03. The maximum atomic E-state index is 2.81. The number of hydrogen-bond acceptors (Lipinski definition) is 1. The molecule has 0 spiro atoms. The fraction of sp³-hybridized carbons (Fsp3) is 0. The van der Waals surface area contributed by atoms with Gasteiger partial charge in [-0.2, -0.15) is 0 Å². The molecule has 0 radical (unpaired) electrons. The molecular weight excluding hydrogens is 532 g/mol. The summed E-state index contributed by atoms with van der Waals surface area (Å²) in [6, 6.07) is 45.3. The van der Waals surface area contributed by atoms with Crippen LogP contribution < -0.4 is 10.2 Å². The van der Waals surface area contributed by atoms with Gasteiger partial charge in [0.15, 0.2) is 0 Å². The zero-order valence-electron chi connectivity index (χ0n) is 18.0. The molecule has 5 aromatic rings. The predicted octanol–water partition coefficient (Wildman–Crippen LogP) is 8.60. The molecule has 33 heavy (non-hydrogen) atoms. The lowest BCUT2D eigenvalue weighted by atomic mass is 10.0. The summed E-state index contributed by atoms with van der Waals surface area (Å²) in [5, 5.41) is 1.16. The molecule has 0 aliphatic carbocycles. The van der Waals surface area contributed by atoms with Crippen LogP contribution in [0.5, 0.6) is 0 Å². The van der Waals surface area contributed by atoms with E-state index in [1.54, 1.807) is 0 Å². The van der Waals surface area contributed by atoms with Crippen LogP contribution in [0.15, 0.2) is 127 Å². The van der Waals surface area contributed by atoms with Crippen molar-refractivity contribution >= 4 is 54.2 Å². The molecule has 0 amide bonds. The minimum Gasteiger partial charge on any atom is -0.310 e. The van der Waals surface area contributed by atoms with Gasteiger partial charge in [0.1, 0.15) is 0 Å². The third-order valence-corrected chi connectivity index (χ3v) is 6.67. The molecule has 0 saturated carbocycles. The van der Waals surface area contributed by atoms with E-state index in [0.29, 0.717) is 0 Å². The maximum absolute atomic E-state index is 2.81. The Morgan fingerprint density at radius 3 is 1.61 bits per heavy atom. The molecule has 0 heterocycles. The van der Waals surface area contributed by atoms with Gasteiger partial charge in [-0.15, -0.1) is 9.24 Å². The van der Waals surface area contributed by atoms with Crippen LogP contribution in [0.1, 0.15) is 0 Å². The van der Waals surface area contributed by atoms with Crippen molar-refractivity contribution in [3.63, 3.8) is 0 Å². The highest BCUT2D eigenvalue weighted by molar-refractivity contribution is 14.1.